The van der Waals surface area contributed by atoms with Gasteiger partial charge in [0.15, 0.2) is 5.60 Å². The molecule has 1 N–H and O–H groups in total. The van der Waals surface area contributed by atoms with E-state index in [0.29, 0.717) is 67.6 Å². The van der Waals surface area contributed by atoms with Crippen molar-refractivity contribution < 1.29 is 32.9 Å². The van der Waals surface area contributed by atoms with Gasteiger partial charge < -0.3 is 29.2 Å². The number of amides is 1. The summed E-state index contributed by atoms with van der Waals surface area (Å²) in [6.45, 7) is 13.3. The summed E-state index contributed by atoms with van der Waals surface area (Å²) in [5.41, 5.74) is 15.7. The predicted molar refractivity (Wildman–Crippen MR) is 355 cm³/mol. The molecule has 88 heavy (non-hydrogen) atoms. The largest absolute Gasteiger partial charge is 0.496 e. The monoisotopic (exact) mass is 1170 g/mol. The highest BCUT2D eigenvalue weighted by atomic mass is 19.1. The van der Waals surface area contributed by atoms with E-state index in [2.05, 4.69) is 147 Å². The molecule has 3 fully saturated rings. The number of halogens is 1. The number of methoxy groups -OCH3 is 1. The summed E-state index contributed by atoms with van der Waals surface area (Å²) >= 11 is 0. The predicted octanol–water partition coefficient (Wildman–Crippen LogP) is 19.0. The molecule has 452 valence electrons. The molecule has 2 aliphatic heterocycles. The van der Waals surface area contributed by atoms with Crippen LogP contribution in [0.15, 0.2) is 152 Å². The standard InChI is InChI=1S/C79H83FN2O6/c1-7-8-10-13-52-16-18-53(19-17-52)54-20-22-55(23-21-54)56-28-35-64(36-29-56)87-77(84)58-26-24-57(25-27-58)76(83)81-62-32-37-65(51(3)46-62)67-47-68-69(48-71(67)85-6)75-66(74-72(68)70-45-50(2)44-59(49-80)73(70)78(74,4)5)38-39-79(88-75,60-14-11-9-12-15-60)61-30-33-63(34-31-61)82-40-42-86-43-41-82/h9,11-12,14-15,20-23,28-39,44-48,52-53,57-58H,7-8,10,13,16-19,24-27,40-43,49H2,1-6H3,(H,81,83). The molecule has 0 spiro atoms. The van der Waals surface area contributed by atoms with Crippen LogP contribution >= 0.6 is 0 Å². The highest BCUT2D eigenvalue weighted by Crippen LogP contribution is 2.60. The lowest BCUT2D eigenvalue weighted by atomic mass is 9.75. The smallest absolute Gasteiger partial charge is 0.314 e. The third kappa shape index (κ3) is 11.2. The Hall–Kier alpha value is -8.01. The third-order valence-corrected chi connectivity index (χ3v) is 20.3. The van der Waals surface area contributed by atoms with E-state index in [1.807, 2.05) is 55.5 Å². The van der Waals surface area contributed by atoms with Crippen molar-refractivity contribution in [1.29, 1.82) is 0 Å². The van der Waals surface area contributed by atoms with Gasteiger partial charge in [0.2, 0.25) is 5.91 Å². The van der Waals surface area contributed by atoms with Gasteiger partial charge in [0.1, 0.15) is 23.9 Å². The zero-order valence-corrected chi connectivity index (χ0v) is 52.1. The quantitative estimate of drug-likeness (QED) is 0.0586. The molecule has 1 amide bonds. The van der Waals surface area contributed by atoms with E-state index in [0.717, 1.165) is 114 Å². The first kappa shape index (κ1) is 59.0. The second-order valence-corrected chi connectivity index (χ2v) is 26.2. The number of aryl methyl sites for hydroxylation is 2. The maximum Gasteiger partial charge on any atom is 0.314 e. The van der Waals surface area contributed by atoms with E-state index >= 15 is 4.39 Å². The van der Waals surface area contributed by atoms with Crippen molar-refractivity contribution in [3.8, 4) is 50.6 Å². The van der Waals surface area contributed by atoms with Gasteiger partial charge >= 0.3 is 5.97 Å². The number of morpholine rings is 1. The molecule has 0 aromatic heterocycles. The van der Waals surface area contributed by atoms with Crippen LogP contribution in [0, 0.1) is 31.6 Å². The van der Waals surface area contributed by atoms with E-state index in [4.69, 9.17) is 18.9 Å². The zero-order chi connectivity index (χ0) is 60.7. The number of carbonyl (C=O) groups is 2. The molecule has 2 heterocycles. The number of rotatable bonds is 16. The zero-order valence-electron chi connectivity index (χ0n) is 52.1. The van der Waals surface area contributed by atoms with E-state index in [9.17, 15) is 9.59 Å². The van der Waals surface area contributed by atoms with Crippen molar-refractivity contribution in [2.45, 2.75) is 135 Å². The fourth-order valence-corrected chi connectivity index (χ4v) is 15.6. The summed E-state index contributed by atoms with van der Waals surface area (Å²) in [6.07, 6.45) is 17.5. The maximum atomic E-state index is 15.4. The molecule has 0 radical (unpaired) electrons. The summed E-state index contributed by atoms with van der Waals surface area (Å²) in [5.74, 6) is 2.73. The Morgan fingerprint density at radius 2 is 1.39 bits per heavy atom. The first-order valence-corrected chi connectivity index (χ1v) is 32.5. The highest BCUT2D eigenvalue weighted by Gasteiger charge is 2.46. The van der Waals surface area contributed by atoms with E-state index < -0.39 is 17.7 Å². The van der Waals surface area contributed by atoms with Crippen LogP contribution in [0.2, 0.25) is 0 Å². The lowest BCUT2D eigenvalue weighted by Crippen LogP contribution is -2.37. The van der Waals surface area contributed by atoms with Crippen LogP contribution in [0.1, 0.15) is 154 Å². The summed E-state index contributed by atoms with van der Waals surface area (Å²) in [4.78, 5) is 29.9. The average molecular weight is 1180 g/mol. The molecule has 1 atom stereocenters. The fourth-order valence-electron chi connectivity index (χ4n) is 15.6. The molecule has 13 rings (SSSR count). The number of esters is 1. The number of nitrogens with one attached hydrogen (secondary N) is 1. The molecule has 5 aliphatic rings. The summed E-state index contributed by atoms with van der Waals surface area (Å²) in [7, 11) is 1.71. The number of benzene rings is 8. The van der Waals surface area contributed by atoms with Crippen molar-refractivity contribution in [2.24, 2.45) is 17.8 Å². The molecule has 3 aliphatic carbocycles. The Kier molecular flexibility index (Phi) is 16.7. The molecule has 8 aromatic carbocycles. The van der Waals surface area contributed by atoms with Gasteiger partial charge in [0, 0.05) is 63.4 Å². The van der Waals surface area contributed by atoms with E-state index in [1.54, 1.807) is 7.11 Å². The lowest BCUT2D eigenvalue weighted by Gasteiger charge is -2.39. The van der Waals surface area contributed by atoms with Gasteiger partial charge in [-0.3, -0.25) is 9.59 Å². The Bertz CT molecular complexity index is 3910. The number of anilines is 2. The van der Waals surface area contributed by atoms with Crippen LogP contribution in [0.25, 0.3) is 50.2 Å². The first-order chi connectivity index (χ1) is 42.8. The van der Waals surface area contributed by atoms with Gasteiger partial charge in [-0.15, -0.1) is 0 Å². The minimum atomic E-state index is -0.989. The Balaban J connectivity index is 0.725. The minimum Gasteiger partial charge on any atom is -0.496 e. The molecule has 8 nitrogen and oxygen atoms in total. The number of hydrogen-bond acceptors (Lipinski definition) is 7. The molecule has 0 bridgehead atoms. The molecule has 9 heteroatoms. The van der Waals surface area contributed by atoms with Crippen molar-refractivity contribution in [3.05, 3.63) is 202 Å². The van der Waals surface area contributed by atoms with Crippen LogP contribution in [0.4, 0.5) is 15.8 Å². The lowest BCUT2D eigenvalue weighted by molar-refractivity contribution is -0.141. The molecule has 2 saturated carbocycles. The van der Waals surface area contributed by atoms with Gasteiger partial charge in [-0.1, -0.05) is 155 Å². The molecular weight excluding hydrogens is 1090 g/mol. The molecule has 8 aromatic rings. The number of carbonyl (C=O) groups excluding carboxylic acids is 2. The van der Waals surface area contributed by atoms with Crippen molar-refractivity contribution >= 4 is 40.1 Å². The van der Waals surface area contributed by atoms with Crippen LogP contribution in [-0.2, 0) is 32.0 Å². The number of fused-ring (bicyclic) bond motifs is 8. The third-order valence-electron chi connectivity index (χ3n) is 20.3. The van der Waals surface area contributed by atoms with Gasteiger partial charge in [0.05, 0.1) is 26.2 Å². The maximum absolute atomic E-state index is 15.4. The summed E-state index contributed by atoms with van der Waals surface area (Å²) in [5, 5.41) is 5.11. The van der Waals surface area contributed by atoms with Crippen molar-refractivity contribution in [2.75, 3.05) is 43.6 Å². The van der Waals surface area contributed by atoms with Gasteiger partial charge in [-0.25, -0.2) is 4.39 Å². The van der Waals surface area contributed by atoms with Gasteiger partial charge in [-0.05, 0) is 193 Å². The summed E-state index contributed by atoms with van der Waals surface area (Å²) < 4.78 is 41.1. The van der Waals surface area contributed by atoms with Crippen molar-refractivity contribution in [3.63, 3.8) is 0 Å². The molecule has 1 saturated heterocycles. The molecular formula is C79H83FN2O6. The summed E-state index contributed by atoms with van der Waals surface area (Å²) in [6, 6.07) is 50.7. The van der Waals surface area contributed by atoms with Gasteiger partial charge in [-0.2, -0.15) is 0 Å². The SMILES string of the molecule is CCCCCC1CCC(c2ccc(-c3ccc(OC(=O)C4CCC(C(=O)Nc5ccc(-c6cc7c8c(c9c(c7cc6OC)OC(c6ccccc6)(c6ccc(N7CCOCC7)cc6)C=C9)C(C)(C)c6c(CF)cc(C)cc6-8)c(C)c5)CC4)cc3)cc2)CC1. The average Bonchev–Trinajstić information content (AvgIpc) is 1.55. The normalized spacial score (nSPS) is 21.0. The van der Waals surface area contributed by atoms with Crippen LogP contribution < -0.4 is 24.4 Å². The Morgan fingerprint density at radius 3 is 2.07 bits per heavy atom. The van der Waals surface area contributed by atoms with Gasteiger partial charge in [0.25, 0.3) is 0 Å². The number of alkyl halides is 1. The number of nitrogens with zero attached hydrogens (tertiary/aromatic N) is 1. The second kappa shape index (κ2) is 24.9. The first-order valence-electron chi connectivity index (χ1n) is 32.5. The second-order valence-electron chi connectivity index (χ2n) is 26.2. The topological polar surface area (TPSA) is 86.3 Å². The number of ether oxygens (including phenoxy) is 4. The minimum absolute atomic E-state index is 0.0470. The van der Waals surface area contributed by atoms with Crippen LogP contribution in [0.3, 0.4) is 0 Å². The highest BCUT2D eigenvalue weighted by molar-refractivity contribution is 6.11. The van der Waals surface area contributed by atoms with Crippen LogP contribution in [-0.4, -0.2) is 45.3 Å². The van der Waals surface area contributed by atoms with Crippen molar-refractivity contribution in [1.82, 2.24) is 0 Å². The fraction of sp³-hybridized carbons (Fsp3) is 0.367. The van der Waals surface area contributed by atoms with E-state index in [-0.39, 0.29) is 23.7 Å². The van der Waals surface area contributed by atoms with E-state index in [1.165, 1.54) is 56.9 Å². The Labute approximate surface area is 519 Å². The number of unbranched alkanes of at least 4 members (excludes halogenated alkanes) is 2. The molecule has 1 unspecified atom stereocenters. The number of hydrogen-bond donors (Lipinski definition) is 1. The Morgan fingerprint density at radius 1 is 0.693 bits per heavy atom. The van der Waals surface area contributed by atoms with Crippen LogP contribution in [0.5, 0.6) is 17.2 Å².